The van der Waals surface area contributed by atoms with Crippen LogP contribution in [0.5, 0.6) is 0 Å². The van der Waals surface area contributed by atoms with Gasteiger partial charge in [0.1, 0.15) is 11.6 Å². The predicted octanol–water partition coefficient (Wildman–Crippen LogP) is 1.83. The number of benzene rings is 1. The minimum absolute atomic E-state index is 0.139. The fourth-order valence-electron chi connectivity index (χ4n) is 2.24. The van der Waals surface area contributed by atoms with Crippen LogP contribution in [-0.2, 0) is 0 Å². The largest absolute Gasteiger partial charge is 0.314 e. The van der Waals surface area contributed by atoms with E-state index in [1.165, 1.54) is 0 Å². The maximum atomic E-state index is 13.4. The van der Waals surface area contributed by atoms with Crippen molar-refractivity contribution in [1.29, 1.82) is 0 Å². The van der Waals surface area contributed by atoms with Crippen LogP contribution in [-0.4, -0.2) is 43.4 Å². The van der Waals surface area contributed by atoms with Gasteiger partial charge in [-0.1, -0.05) is 0 Å². The van der Waals surface area contributed by atoms with E-state index >= 15 is 0 Å². The molecule has 0 aliphatic carbocycles. The van der Waals surface area contributed by atoms with Gasteiger partial charge in [-0.3, -0.25) is 4.79 Å². The molecule has 1 saturated heterocycles. The summed E-state index contributed by atoms with van der Waals surface area (Å²) in [5.41, 5.74) is -0.139. The first-order valence-corrected chi connectivity index (χ1v) is 6.58. The summed E-state index contributed by atoms with van der Waals surface area (Å²) in [4.78, 5) is 14.1. The number of hydrogen-bond acceptors (Lipinski definition) is 3. The summed E-state index contributed by atoms with van der Waals surface area (Å²) >= 11 is 0. The van der Waals surface area contributed by atoms with Gasteiger partial charge in [0.15, 0.2) is 5.78 Å². The fraction of sp³-hybridized carbons (Fsp3) is 0.500. The minimum Gasteiger partial charge on any atom is -0.314 e. The van der Waals surface area contributed by atoms with Gasteiger partial charge in [-0.2, -0.15) is 0 Å². The molecule has 1 aromatic rings. The third kappa shape index (κ3) is 4.08. The number of piperazine rings is 1. The van der Waals surface area contributed by atoms with Crippen molar-refractivity contribution in [3.05, 3.63) is 35.4 Å². The second kappa shape index (κ2) is 6.73. The van der Waals surface area contributed by atoms with E-state index in [2.05, 4.69) is 10.2 Å². The average molecular weight is 268 g/mol. The van der Waals surface area contributed by atoms with Gasteiger partial charge in [0.05, 0.1) is 5.56 Å². The van der Waals surface area contributed by atoms with Crippen LogP contribution in [0.4, 0.5) is 8.78 Å². The summed E-state index contributed by atoms with van der Waals surface area (Å²) in [7, 11) is 0. The Morgan fingerprint density at radius 2 is 2.00 bits per heavy atom. The standard InChI is InChI=1S/C14H18F2N2O/c15-11-3-4-13(16)12(10-11)14(19)2-1-7-18-8-5-17-6-9-18/h3-4,10,17H,1-2,5-9H2. The normalized spacial score (nSPS) is 16.5. The van der Waals surface area contributed by atoms with Crippen LogP contribution in [0.3, 0.4) is 0 Å². The van der Waals surface area contributed by atoms with Crippen LogP contribution < -0.4 is 5.32 Å². The van der Waals surface area contributed by atoms with E-state index in [0.29, 0.717) is 6.42 Å². The number of nitrogens with zero attached hydrogens (tertiary/aromatic N) is 1. The molecule has 1 fully saturated rings. The molecule has 19 heavy (non-hydrogen) atoms. The van der Waals surface area contributed by atoms with Gasteiger partial charge < -0.3 is 10.2 Å². The van der Waals surface area contributed by atoms with E-state index in [9.17, 15) is 13.6 Å². The van der Waals surface area contributed by atoms with Gasteiger partial charge in [-0.25, -0.2) is 8.78 Å². The van der Waals surface area contributed by atoms with Crippen LogP contribution in [0, 0.1) is 11.6 Å². The summed E-state index contributed by atoms with van der Waals surface area (Å²) in [6.45, 7) is 4.70. The molecular formula is C14H18F2N2O. The van der Waals surface area contributed by atoms with Crippen molar-refractivity contribution in [2.75, 3.05) is 32.7 Å². The Bertz CT molecular complexity index is 445. The van der Waals surface area contributed by atoms with Crippen LogP contribution in [0.15, 0.2) is 18.2 Å². The number of carbonyl (C=O) groups is 1. The van der Waals surface area contributed by atoms with Crippen molar-refractivity contribution in [3.63, 3.8) is 0 Å². The van der Waals surface area contributed by atoms with Gasteiger partial charge in [0, 0.05) is 32.6 Å². The minimum atomic E-state index is -0.645. The van der Waals surface area contributed by atoms with Gasteiger partial charge in [0.2, 0.25) is 0 Å². The van der Waals surface area contributed by atoms with Crippen molar-refractivity contribution in [2.24, 2.45) is 0 Å². The molecule has 1 aliphatic rings. The Morgan fingerprint density at radius 1 is 1.26 bits per heavy atom. The first-order valence-electron chi connectivity index (χ1n) is 6.58. The second-order valence-electron chi connectivity index (χ2n) is 4.74. The van der Waals surface area contributed by atoms with E-state index in [0.717, 1.165) is 50.9 Å². The first-order chi connectivity index (χ1) is 9.16. The molecule has 0 unspecified atom stereocenters. The Labute approximate surface area is 111 Å². The van der Waals surface area contributed by atoms with Crippen molar-refractivity contribution < 1.29 is 13.6 Å². The summed E-state index contributed by atoms with van der Waals surface area (Å²) in [6.07, 6.45) is 0.930. The Kier molecular flexibility index (Phi) is 4.99. The highest BCUT2D eigenvalue weighted by molar-refractivity contribution is 5.96. The highest BCUT2D eigenvalue weighted by atomic mass is 19.1. The Balaban J connectivity index is 1.82. The summed E-state index contributed by atoms with van der Waals surface area (Å²) < 4.78 is 26.4. The number of ketones is 1. The van der Waals surface area contributed by atoms with Gasteiger partial charge in [-0.05, 0) is 31.2 Å². The second-order valence-corrected chi connectivity index (χ2v) is 4.74. The van der Waals surface area contributed by atoms with Crippen LogP contribution in [0.1, 0.15) is 23.2 Å². The monoisotopic (exact) mass is 268 g/mol. The Hall–Kier alpha value is -1.33. The van der Waals surface area contributed by atoms with Gasteiger partial charge in [-0.15, -0.1) is 0 Å². The number of carbonyl (C=O) groups excluding carboxylic acids is 1. The molecule has 104 valence electrons. The highest BCUT2D eigenvalue weighted by Crippen LogP contribution is 2.13. The molecule has 1 heterocycles. The molecule has 0 radical (unpaired) electrons. The molecule has 1 aromatic carbocycles. The number of hydrogen-bond donors (Lipinski definition) is 1. The van der Waals surface area contributed by atoms with E-state index in [-0.39, 0.29) is 17.8 Å². The third-order valence-corrected chi connectivity index (χ3v) is 3.32. The number of halogens is 2. The third-order valence-electron chi connectivity index (χ3n) is 3.32. The maximum absolute atomic E-state index is 13.4. The topological polar surface area (TPSA) is 32.3 Å². The highest BCUT2D eigenvalue weighted by Gasteiger charge is 2.14. The number of rotatable bonds is 5. The van der Waals surface area contributed by atoms with Crippen LogP contribution in [0.2, 0.25) is 0 Å². The Morgan fingerprint density at radius 3 is 2.74 bits per heavy atom. The lowest BCUT2D eigenvalue weighted by Crippen LogP contribution is -2.43. The molecule has 0 bridgehead atoms. The van der Waals surface area contributed by atoms with Crippen molar-refractivity contribution in [1.82, 2.24) is 10.2 Å². The molecule has 3 nitrogen and oxygen atoms in total. The van der Waals surface area contributed by atoms with E-state index < -0.39 is 11.6 Å². The number of Topliss-reactive ketones (excluding diaryl/α,β-unsaturated/α-hetero) is 1. The van der Waals surface area contributed by atoms with Crippen LogP contribution >= 0.6 is 0 Å². The molecule has 0 saturated carbocycles. The molecule has 1 N–H and O–H groups in total. The molecule has 0 atom stereocenters. The van der Waals surface area contributed by atoms with E-state index in [1.807, 2.05) is 0 Å². The van der Waals surface area contributed by atoms with Crippen LogP contribution in [0.25, 0.3) is 0 Å². The zero-order valence-electron chi connectivity index (χ0n) is 10.8. The molecule has 0 spiro atoms. The predicted molar refractivity (Wildman–Crippen MR) is 69.2 cm³/mol. The lowest BCUT2D eigenvalue weighted by Gasteiger charge is -2.26. The fourth-order valence-corrected chi connectivity index (χ4v) is 2.24. The van der Waals surface area contributed by atoms with Crippen molar-refractivity contribution in [2.45, 2.75) is 12.8 Å². The van der Waals surface area contributed by atoms with Gasteiger partial charge >= 0.3 is 0 Å². The molecular weight excluding hydrogens is 250 g/mol. The zero-order chi connectivity index (χ0) is 13.7. The van der Waals surface area contributed by atoms with Crippen molar-refractivity contribution >= 4 is 5.78 Å². The smallest absolute Gasteiger partial charge is 0.165 e. The molecule has 1 aliphatic heterocycles. The average Bonchev–Trinajstić information content (AvgIpc) is 2.42. The lowest BCUT2D eigenvalue weighted by atomic mass is 10.1. The van der Waals surface area contributed by atoms with E-state index in [1.54, 1.807) is 0 Å². The lowest BCUT2D eigenvalue weighted by molar-refractivity contribution is 0.0969. The summed E-state index contributed by atoms with van der Waals surface area (Å²) in [5, 5.41) is 3.25. The van der Waals surface area contributed by atoms with Crippen molar-refractivity contribution in [3.8, 4) is 0 Å². The number of nitrogens with one attached hydrogen (secondary N) is 1. The molecule has 0 amide bonds. The molecule has 5 heteroatoms. The van der Waals surface area contributed by atoms with E-state index in [4.69, 9.17) is 0 Å². The quantitative estimate of drug-likeness (QED) is 0.827. The maximum Gasteiger partial charge on any atom is 0.165 e. The zero-order valence-corrected chi connectivity index (χ0v) is 10.8. The SMILES string of the molecule is O=C(CCCN1CCNCC1)c1cc(F)ccc1F. The first kappa shape index (κ1) is 14.1. The summed E-state index contributed by atoms with van der Waals surface area (Å²) in [6, 6.07) is 2.99. The molecule has 2 rings (SSSR count). The molecule has 0 aromatic heterocycles. The summed E-state index contributed by atoms with van der Waals surface area (Å²) in [5.74, 6) is -1.55. The van der Waals surface area contributed by atoms with Gasteiger partial charge in [0.25, 0.3) is 0 Å².